The first-order valence-corrected chi connectivity index (χ1v) is 12.6. The average Bonchev–Trinajstić information content (AvgIpc) is 2.71. The maximum absolute atomic E-state index is 12.3. The van der Waals surface area contributed by atoms with E-state index in [0.717, 1.165) is 38.5 Å². The molecule has 0 bridgehead atoms. The number of carbonyl (C=O) groups excluding carboxylic acids is 1. The maximum atomic E-state index is 12.3. The van der Waals surface area contributed by atoms with Gasteiger partial charge in [0.05, 0.1) is 23.4 Å². The molecular weight excluding hydrogens is 444 g/mol. The van der Waals surface area contributed by atoms with E-state index in [1.54, 1.807) is 0 Å². The minimum Gasteiger partial charge on any atom is -0.434 e. The first kappa shape index (κ1) is 33.0. The van der Waals surface area contributed by atoms with Gasteiger partial charge in [-0.1, -0.05) is 49.6 Å². The van der Waals surface area contributed by atoms with E-state index in [2.05, 4.69) is 13.8 Å². The van der Waals surface area contributed by atoms with Crippen molar-refractivity contribution in [3.63, 3.8) is 0 Å². The quantitative estimate of drug-likeness (QED) is 0.115. The molecule has 34 heavy (non-hydrogen) atoms. The molecule has 0 aliphatic carbocycles. The third-order valence-electron chi connectivity index (χ3n) is 4.97. The van der Waals surface area contributed by atoms with Crippen LogP contribution in [0.15, 0.2) is 0 Å². The molecule has 0 aromatic rings. The van der Waals surface area contributed by atoms with Gasteiger partial charge in [-0.3, -0.25) is 0 Å². The van der Waals surface area contributed by atoms with Crippen LogP contribution in [0.5, 0.6) is 0 Å². The molecule has 0 radical (unpaired) electrons. The van der Waals surface area contributed by atoms with E-state index in [9.17, 15) is 4.79 Å². The topological polar surface area (TPSA) is 90.9 Å². The highest BCUT2D eigenvalue weighted by Gasteiger charge is 2.25. The zero-order chi connectivity index (χ0) is 26.2. The van der Waals surface area contributed by atoms with Crippen LogP contribution in [0, 0.1) is 11.8 Å². The minimum atomic E-state index is -0.721. The molecule has 0 amide bonds. The third kappa shape index (κ3) is 18.4. The molecule has 0 aromatic heterocycles. The third-order valence-corrected chi connectivity index (χ3v) is 4.97. The van der Waals surface area contributed by atoms with Crippen LogP contribution in [-0.4, -0.2) is 42.8 Å². The summed E-state index contributed by atoms with van der Waals surface area (Å²) < 4.78 is 10.8. The van der Waals surface area contributed by atoms with Gasteiger partial charge in [0.15, 0.2) is 0 Å². The van der Waals surface area contributed by atoms with Crippen LogP contribution in [0.1, 0.15) is 108 Å². The van der Waals surface area contributed by atoms with E-state index in [0.29, 0.717) is 0 Å². The van der Waals surface area contributed by atoms with Gasteiger partial charge in [0, 0.05) is 11.8 Å². The first-order chi connectivity index (χ1) is 15.8. The maximum Gasteiger partial charge on any atom is 0.508 e. The Morgan fingerprint density at radius 3 is 1.32 bits per heavy atom. The van der Waals surface area contributed by atoms with Crippen molar-refractivity contribution >= 4 is 6.16 Å². The Hall–Kier alpha value is -0.970. The van der Waals surface area contributed by atoms with Crippen LogP contribution < -0.4 is 0 Å². The molecule has 0 saturated carbocycles. The van der Waals surface area contributed by atoms with Gasteiger partial charge in [-0.25, -0.2) is 24.3 Å². The largest absolute Gasteiger partial charge is 0.508 e. The van der Waals surface area contributed by atoms with E-state index in [4.69, 9.17) is 39.1 Å². The molecule has 0 rings (SSSR count). The van der Waals surface area contributed by atoms with E-state index in [-0.39, 0.29) is 37.3 Å². The van der Waals surface area contributed by atoms with Crippen molar-refractivity contribution in [2.75, 3.05) is 13.2 Å². The lowest BCUT2D eigenvalue weighted by Crippen LogP contribution is -2.30. The summed E-state index contributed by atoms with van der Waals surface area (Å²) in [6.07, 6.45) is 4.25. The lowest BCUT2D eigenvalue weighted by atomic mass is 9.98. The number of carbonyl (C=O) groups is 1. The predicted octanol–water partition coefficient (Wildman–Crippen LogP) is 6.89. The van der Waals surface area contributed by atoms with Crippen LogP contribution in [0.3, 0.4) is 0 Å². The fraction of sp³-hybridized carbons (Fsp3) is 0.960. The molecule has 204 valence electrons. The second-order valence-corrected chi connectivity index (χ2v) is 10.8. The molecule has 9 heteroatoms. The standard InChI is InChI=1S/C25H50O9/c1-11-13-15-21(19(3)29-33-31-24(5,6)7)17-27-23(26)28-18-22(16-14-12-2)20(4)30-34-32-25(8,9)10/h19-22H,11-18H2,1-10H3. The van der Waals surface area contributed by atoms with Gasteiger partial charge in [-0.15, -0.1) is 0 Å². The van der Waals surface area contributed by atoms with Gasteiger partial charge in [0.25, 0.3) is 0 Å². The normalized spacial score (nSPS) is 16.1. The molecule has 4 atom stereocenters. The van der Waals surface area contributed by atoms with Gasteiger partial charge in [0.2, 0.25) is 0 Å². The van der Waals surface area contributed by atoms with Crippen LogP contribution >= 0.6 is 0 Å². The van der Waals surface area contributed by atoms with E-state index < -0.39 is 17.4 Å². The molecule has 0 N–H and O–H groups in total. The Morgan fingerprint density at radius 2 is 1.03 bits per heavy atom. The van der Waals surface area contributed by atoms with E-state index in [1.807, 2.05) is 55.4 Å². The first-order valence-electron chi connectivity index (χ1n) is 12.6. The lowest BCUT2D eigenvalue weighted by molar-refractivity contribution is -0.552. The lowest BCUT2D eigenvalue weighted by Gasteiger charge is -2.25. The zero-order valence-corrected chi connectivity index (χ0v) is 23.1. The summed E-state index contributed by atoms with van der Waals surface area (Å²) in [6.45, 7) is 19.4. The van der Waals surface area contributed by atoms with Gasteiger partial charge in [0.1, 0.15) is 13.2 Å². The van der Waals surface area contributed by atoms with Gasteiger partial charge in [-0.2, -0.15) is 0 Å². The molecule has 9 nitrogen and oxygen atoms in total. The molecule has 0 aliphatic rings. The van der Waals surface area contributed by atoms with E-state index >= 15 is 0 Å². The number of hydrogen-bond donors (Lipinski definition) is 0. The summed E-state index contributed by atoms with van der Waals surface area (Å²) in [5, 5.41) is 9.83. The highest BCUT2D eigenvalue weighted by atomic mass is 17.5. The summed E-state index contributed by atoms with van der Waals surface area (Å²) >= 11 is 0. The Balaban J connectivity index is 4.64. The van der Waals surface area contributed by atoms with E-state index in [1.165, 1.54) is 0 Å². The van der Waals surface area contributed by atoms with Crippen LogP contribution in [0.25, 0.3) is 0 Å². The highest BCUT2D eigenvalue weighted by Crippen LogP contribution is 2.20. The van der Waals surface area contributed by atoms with Crippen LogP contribution in [-0.2, 0) is 39.1 Å². The molecule has 0 aromatic carbocycles. The SMILES string of the molecule is CCCCC(COC(=O)OCC(CCCC)C(C)OOOC(C)(C)C)C(C)OOOC(C)(C)C. The number of unbranched alkanes of at least 4 members (excludes halogenated alkanes) is 2. The predicted molar refractivity (Wildman–Crippen MR) is 128 cm³/mol. The fourth-order valence-electron chi connectivity index (χ4n) is 2.76. The zero-order valence-electron chi connectivity index (χ0n) is 23.1. The monoisotopic (exact) mass is 494 g/mol. The van der Waals surface area contributed by atoms with Crippen LogP contribution in [0.2, 0.25) is 0 Å². The second-order valence-electron chi connectivity index (χ2n) is 10.8. The van der Waals surface area contributed by atoms with Crippen molar-refractivity contribution < 1.29 is 43.9 Å². The molecule has 0 saturated heterocycles. The summed E-state index contributed by atoms with van der Waals surface area (Å²) in [4.78, 5) is 33.3. The van der Waals surface area contributed by atoms with Crippen molar-refractivity contribution in [2.45, 2.75) is 131 Å². The smallest absolute Gasteiger partial charge is 0.434 e. The number of ether oxygens (including phenoxy) is 2. The van der Waals surface area contributed by atoms with Gasteiger partial charge >= 0.3 is 6.16 Å². The van der Waals surface area contributed by atoms with Gasteiger partial charge < -0.3 is 9.47 Å². The molecule has 0 fully saturated rings. The Bertz CT molecular complexity index is 469. The molecule has 0 spiro atoms. The Morgan fingerprint density at radius 1 is 0.676 bits per heavy atom. The molecule has 0 heterocycles. The highest BCUT2D eigenvalue weighted by molar-refractivity contribution is 5.59. The van der Waals surface area contributed by atoms with Gasteiger partial charge in [-0.05, 0) is 68.2 Å². The molecular formula is C25H50O9. The summed E-state index contributed by atoms with van der Waals surface area (Å²) in [5.74, 6) is -0.116. The van der Waals surface area contributed by atoms with Crippen molar-refractivity contribution in [3.8, 4) is 0 Å². The summed E-state index contributed by atoms with van der Waals surface area (Å²) in [6, 6.07) is 0. The van der Waals surface area contributed by atoms with Crippen LogP contribution in [0.4, 0.5) is 4.79 Å². The number of hydrogen-bond acceptors (Lipinski definition) is 9. The average molecular weight is 495 g/mol. The van der Waals surface area contributed by atoms with Crippen molar-refractivity contribution in [2.24, 2.45) is 11.8 Å². The Kier molecular flexibility index (Phi) is 17.0. The molecule has 4 unspecified atom stereocenters. The summed E-state index contributed by atoms with van der Waals surface area (Å²) in [5.41, 5.74) is -0.976. The van der Waals surface area contributed by atoms with Crippen molar-refractivity contribution in [1.82, 2.24) is 0 Å². The second kappa shape index (κ2) is 17.5. The summed E-state index contributed by atoms with van der Waals surface area (Å²) in [7, 11) is 0. The van der Waals surface area contributed by atoms with Crippen molar-refractivity contribution in [1.29, 1.82) is 0 Å². The molecule has 0 aliphatic heterocycles. The fourth-order valence-corrected chi connectivity index (χ4v) is 2.76. The number of rotatable bonds is 18. The van der Waals surface area contributed by atoms with Crippen molar-refractivity contribution in [3.05, 3.63) is 0 Å². The minimum absolute atomic E-state index is 0.0582. The Labute approximate surface area is 206 Å².